The van der Waals surface area contributed by atoms with Crippen LogP contribution in [-0.4, -0.2) is 18.2 Å². The number of hydrogen-bond donors (Lipinski definition) is 0. The van der Waals surface area contributed by atoms with Gasteiger partial charge in [0.1, 0.15) is 5.78 Å². The monoisotopic (exact) mass is 250 g/mol. The number of halogens is 1. The fourth-order valence-corrected chi connectivity index (χ4v) is 1.85. The summed E-state index contributed by atoms with van der Waals surface area (Å²) in [4.78, 5) is 23.2. The zero-order valence-corrected chi connectivity index (χ0v) is 11.1. The quantitative estimate of drug-likeness (QED) is 0.724. The Kier molecular flexibility index (Phi) is 4.76. The van der Waals surface area contributed by atoms with Crippen molar-refractivity contribution in [2.24, 2.45) is 0 Å². The molecule has 18 heavy (non-hydrogen) atoms. The van der Waals surface area contributed by atoms with Gasteiger partial charge in [0.25, 0.3) is 0 Å². The highest BCUT2D eigenvalue weighted by atomic mass is 19.1. The molecular weight excluding hydrogens is 231 g/mol. The Labute approximate surface area is 107 Å². The van der Waals surface area contributed by atoms with Crippen LogP contribution < -0.4 is 0 Å². The van der Waals surface area contributed by atoms with Crippen LogP contribution in [0.25, 0.3) is 0 Å². The van der Waals surface area contributed by atoms with Crippen LogP contribution >= 0.6 is 0 Å². The number of hydrogen-bond acceptors (Lipinski definition) is 2. The van der Waals surface area contributed by atoms with Crippen LogP contribution in [0.4, 0.5) is 4.39 Å². The van der Waals surface area contributed by atoms with Crippen LogP contribution in [0.1, 0.15) is 49.5 Å². The molecule has 0 saturated heterocycles. The summed E-state index contributed by atoms with van der Waals surface area (Å²) in [6.07, 6.45) is 1.36. The van der Waals surface area contributed by atoms with Crippen molar-refractivity contribution in [3.05, 3.63) is 35.4 Å². The van der Waals surface area contributed by atoms with Crippen molar-refractivity contribution in [1.82, 2.24) is 0 Å². The van der Waals surface area contributed by atoms with Crippen molar-refractivity contribution >= 4 is 11.6 Å². The predicted molar refractivity (Wildman–Crippen MR) is 69.7 cm³/mol. The molecule has 0 aliphatic heterocycles. The molecular formula is C15H19FO2. The molecule has 3 heteroatoms. The summed E-state index contributed by atoms with van der Waals surface area (Å²) in [5.41, 5.74) is 0.643. The molecule has 0 spiro atoms. The Balaban J connectivity index is 2.97. The zero-order valence-electron chi connectivity index (χ0n) is 11.1. The van der Waals surface area contributed by atoms with Gasteiger partial charge < -0.3 is 0 Å². The van der Waals surface area contributed by atoms with Gasteiger partial charge in [0.05, 0.1) is 0 Å². The number of ketones is 2. The van der Waals surface area contributed by atoms with Crippen molar-refractivity contribution in [2.45, 2.75) is 39.0 Å². The van der Waals surface area contributed by atoms with E-state index < -0.39 is 17.9 Å². The molecule has 0 aliphatic carbocycles. The average Bonchev–Trinajstić information content (AvgIpc) is 2.38. The normalized spacial score (nSPS) is 11.3. The number of Topliss-reactive ketones (excluding diaryl/α,β-unsaturated/α-hetero) is 2. The average molecular weight is 250 g/mol. The Hall–Kier alpha value is -1.51. The number of carbonyl (C=O) groups is 2. The van der Waals surface area contributed by atoms with Crippen LogP contribution in [0, 0.1) is 0 Å². The molecule has 0 unspecified atom stereocenters. The molecule has 0 radical (unpaired) electrons. The van der Waals surface area contributed by atoms with Gasteiger partial charge in [0.15, 0.2) is 12.5 Å². The standard InChI is InChI=1S/C15H19FO2/c1-4-5-14(18)15(2,3)12-8-6-11(7-9-12)13(17)10-16/h6-9H,4-5,10H2,1-3H3. The number of alkyl halides is 1. The largest absolute Gasteiger partial charge is 0.299 e. The summed E-state index contributed by atoms with van der Waals surface area (Å²) < 4.78 is 12.2. The molecule has 0 aliphatic rings. The van der Waals surface area contributed by atoms with Crippen LogP contribution in [0.5, 0.6) is 0 Å². The lowest BCUT2D eigenvalue weighted by Crippen LogP contribution is -2.28. The van der Waals surface area contributed by atoms with E-state index in [4.69, 9.17) is 0 Å². The molecule has 0 N–H and O–H groups in total. The predicted octanol–water partition coefficient (Wildman–Crippen LogP) is 3.49. The van der Waals surface area contributed by atoms with Crippen LogP contribution in [0.2, 0.25) is 0 Å². The molecule has 0 fully saturated rings. The summed E-state index contributed by atoms with van der Waals surface area (Å²) in [5.74, 6) is -0.353. The minimum absolute atomic E-state index is 0.176. The van der Waals surface area contributed by atoms with Gasteiger partial charge in [-0.1, -0.05) is 31.2 Å². The molecule has 0 saturated carbocycles. The van der Waals surface area contributed by atoms with Gasteiger partial charge in [0.2, 0.25) is 0 Å². The van der Waals surface area contributed by atoms with Gasteiger partial charge in [-0.2, -0.15) is 0 Å². The van der Waals surface area contributed by atoms with Gasteiger partial charge in [-0.3, -0.25) is 9.59 Å². The van der Waals surface area contributed by atoms with Crippen LogP contribution in [0.3, 0.4) is 0 Å². The molecule has 0 bridgehead atoms. The Morgan fingerprint density at radius 3 is 2.17 bits per heavy atom. The highest BCUT2D eigenvalue weighted by Crippen LogP contribution is 2.26. The molecule has 2 nitrogen and oxygen atoms in total. The molecule has 0 amide bonds. The first-order valence-electron chi connectivity index (χ1n) is 6.16. The molecule has 0 aromatic heterocycles. The van der Waals surface area contributed by atoms with Gasteiger partial charge in [0, 0.05) is 17.4 Å². The molecule has 1 aromatic carbocycles. The van der Waals surface area contributed by atoms with Crippen molar-refractivity contribution < 1.29 is 14.0 Å². The van der Waals surface area contributed by atoms with Gasteiger partial charge >= 0.3 is 0 Å². The summed E-state index contributed by atoms with van der Waals surface area (Å²) in [7, 11) is 0. The van der Waals surface area contributed by atoms with Gasteiger partial charge in [-0.05, 0) is 25.8 Å². The Morgan fingerprint density at radius 1 is 1.17 bits per heavy atom. The van der Waals surface area contributed by atoms with Crippen LogP contribution in [0.15, 0.2) is 24.3 Å². The zero-order chi connectivity index (χ0) is 13.8. The third-order valence-corrected chi connectivity index (χ3v) is 3.22. The fourth-order valence-electron chi connectivity index (χ4n) is 1.85. The second-order valence-electron chi connectivity index (χ2n) is 4.93. The smallest absolute Gasteiger partial charge is 0.193 e. The number of rotatable bonds is 6. The van der Waals surface area contributed by atoms with E-state index in [9.17, 15) is 14.0 Å². The van der Waals surface area contributed by atoms with E-state index in [1.807, 2.05) is 20.8 Å². The van der Waals surface area contributed by atoms with Crippen molar-refractivity contribution in [3.63, 3.8) is 0 Å². The highest BCUT2D eigenvalue weighted by molar-refractivity contribution is 5.97. The lowest BCUT2D eigenvalue weighted by Gasteiger charge is -2.23. The van der Waals surface area contributed by atoms with E-state index in [1.54, 1.807) is 24.3 Å². The maximum Gasteiger partial charge on any atom is 0.193 e. The molecule has 0 atom stereocenters. The van der Waals surface area contributed by atoms with E-state index in [1.165, 1.54) is 0 Å². The van der Waals surface area contributed by atoms with E-state index in [-0.39, 0.29) is 5.78 Å². The SMILES string of the molecule is CCCC(=O)C(C)(C)c1ccc(C(=O)CF)cc1. The maximum absolute atomic E-state index is 12.2. The minimum Gasteiger partial charge on any atom is -0.299 e. The van der Waals surface area contributed by atoms with Crippen molar-refractivity contribution in [3.8, 4) is 0 Å². The minimum atomic E-state index is -0.989. The molecule has 1 rings (SSSR count). The molecule has 1 aromatic rings. The van der Waals surface area contributed by atoms with Crippen LogP contribution in [-0.2, 0) is 10.2 Å². The first kappa shape index (κ1) is 14.6. The summed E-state index contributed by atoms with van der Waals surface area (Å²) in [5, 5.41) is 0. The summed E-state index contributed by atoms with van der Waals surface area (Å²) in [6.45, 7) is 4.72. The molecule has 98 valence electrons. The number of benzene rings is 1. The third kappa shape index (κ3) is 3.03. The Morgan fingerprint density at radius 2 is 1.72 bits per heavy atom. The van der Waals surface area contributed by atoms with E-state index in [2.05, 4.69) is 0 Å². The van der Waals surface area contributed by atoms with E-state index >= 15 is 0 Å². The maximum atomic E-state index is 12.2. The van der Waals surface area contributed by atoms with E-state index in [0.717, 1.165) is 12.0 Å². The second kappa shape index (κ2) is 5.89. The topological polar surface area (TPSA) is 34.1 Å². The van der Waals surface area contributed by atoms with Crippen molar-refractivity contribution in [2.75, 3.05) is 6.67 Å². The first-order valence-corrected chi connectivity index (χ1v) is 6.16. The molecule has 0 heterocycles. The van der Waals surface area contributed by atoms with Crippen molar-refractivity contribution in [1.29, 1.82) is 0 Å². The fraction of sp³-hybridized carbons (Fsp3) is 0.467. The lowest BCUT2D eigenvalue weighted by molar-refractivity contribution is -0.123. The second-order valence-corrected chi connectivity index (χ2v) is 4.93. The lowest BCUT2D eigenvalue weighted by atomic mass is 9.79. The number of carbonyl (C=O) groups excluding carboxylic acids is 2. The summed E-state index contributed by atoms with van der Waals surface area (Å²) in [6, 6.07) is 6.63. The highest BCUT2D eigenvalue weighted by Gasteiger charge is 2.28. The van der Waals surface area contributed by atoms with Gasteiger partial charge in [-0.15, -0.1) is 0 Å². The third-order valence-electron chi connectivity index (χ3n) is 3.22. The Bertz CT molecular complexity index is 432. The van der Waals surface area contributed by atoms with E-state index in [0.29, 0.717) is 12.0 Å². The first-order chi connectivity index (χ1) is 8.43. The van der Waals surface area contributed by atoms with Gasteiger partial charge in [-0.25, -0.2) is 4.39 Å². The summed E-state index contributed by atoms with van der Waals surface area (Å²) >= 11 is 0.